The molecule has 0 bridgehead atoms. The molecule has 1 atom stereocenters. The Bertz CT molecular complexity index is 848. The number of rotatable bonds is 2. The minimum atomic E-state index is 0.0310. The lowest BCUT2D eigenvalue weighted by molar-refractivity contribution is -0.134. The minimum absolute atomic E-state index is 0.0310. The number of likely N-dealkylation sites (tertiary alicyclic amines) is 1. The van der Waals surface area contributed by atoms with Crippen molar-refractivity contribution >= 4 is 22.7 Å². The first kappa shape index (κ1) is 17.9. The molecule has 1 aromatic carbocycles. The maximum absolute atomic E-state index is 13.1. The monoisotopic (exact) mass is 366 g/mol. The normalized spacial score (nSPS) is 21.4. The van der Waals surface area contributed by atoms with Gasteiger partial charge in [0.2, 0.25) is 5.91 Å². The van der Waals surface area contributed by atoms with E-state index in [9.17, 15) is 9.59 Å². The zero-order valence-electron chi connectivity index (χ0n) is 15.8. The first-order chi connectivity index (χ1) is 13.1. The van der Waals surface area contributed by atoms with Crippen LogP contribution in [0.25, 0.3) is 10.9 Å². The van der Waals surface area contributed by atoms with Crippen LogP contribution in [-0.4, -0.2) is 77.8 Å². The first-order valence-corrected chi connectivity index (χ1v) is 9.74. The molecule has 2 aliphatic rings. The van der Waals surface area contributed by atoms with E-state index in [-0.39, 0.29) is 17.7 Å². The van der Waals surface area contributed by atoms with Crippen LogP contribution in [0.4, 0.5) is 0 Å². The Morgan fingerprint density at radius 2 is 1.81 bits per heavy atom. The summed E-state index contributed by atoms with van der Waals surface area (Å²) in [6.07, 6.45) is 3.51. The second kappa shape index (κ2) is 7.64. The van der Waals surface area contributed by atoms with E-state index in [1.54, 1.807) is 6.20 Å². The summed E-state index contributed by atoms with van der Waals surface area (Å²) >= 11 is 0. The van der Waals surface area contributed by atoms with Crippen molar-refractivity contribution in [3.8, 4) is 0 Å². The van der Waals surface area contributed by atoms with Crippen LogP contribution in [0.2, 0.25) is 0 Å². The van der Waals surface area contributed by atoms with Crippen molar-refractivity contribution < 1.29 is 9.59 Å². The van der Waals surface area contributed by atoms with Crippen LogP contribution in [0, 0.1) is 5.92 Å². The van der Waals surface area contributed by atoms with E-state index >= 15 is 0 Å². The third-order valence-corrected chi connectivity index (χ3v) is 5.71. The number of benzene rings is 1. The number of carbonyl (C=O) groups excluding carboxylic acids is 2. The summed E-state index contributed by atoms with van der Waals surface area (Å²) in [5.41, 5.74) is 1.53. The molecular weight excluding hydrogens is 340 g/mol. The maximum atomic E-state index is 13.1. The van der Waals surface area contributed by atoms with E-state index in [0.717, 1.165) is 43.4 Å². The number of carbonyl (C=O) groups is 2. The average molecular weight is 366 g/mol. The van der Waals surface area contributed by atoms with Crippen LogP contribution in [0.5, 0.6) is 0 Å². The molecule has 0 N–H and O–H groups in total. The predicted octanol–water partition coefficient (Wildman–Crippen LogP) is 1.86. The van der Waals surface area contributed by atoms with Crippen LogP contribution in [0.1, 0.15) is 23.2 Å². The van der Waals surface area contributed by atoms with Gasteiger partial charge in [0.1, 0.15) is 0 Å². The smallest absolute Gasteiger partial charge is 0.254 e. The SMILES string of the molecule is CN1CCC(C(=O)N2CCCN(C(=O)c3cccc4ncccc34)CC2)C1. The maximum Gasteiger partial charge on any atom is 0.254 e. The van der Waals surface area contributed by atoms with E-state index in [0.29, 0.717) is 25.2 Å². The molecule has 3 heterocycles. The molecule has 4 rings (SSSR count). The molecule has 2 saturated heterocycles. The molecule has 1 aromatic heterocycles. The molecule has 2 amide bonds. The van der Waals surface area contributed by atoms with Gasteiger partial charge in [-0.25, -0.2) is 0 Å². The van der Waals surface area contributed by atoms with Gasteiger partial charge in [-0.15, -0.1) is 0 Å². The summed E-state index contributed by atoms with van der Waals surface area (Å²) in [7, 11) is 2.06. The molecule has 2 aromatic rings. The van der Waals surface area contributed by atoms with Crippen molar-refractivity contribution in [1.29, 1.82) is 0 Å². The lowest BCUT2D eigenvalue weighted by Gasteiger charge is -2.24. The highest BCUT2D eigenvalue weighted by Gasteiger charge is 2.31. The van der Waals surface area contributed by atoms with Crippen LogP contribution in [-0.2, 0) is 4.79 Å². The zero-order valence-corrected chi connectivity index (χ0v) is 15.8. The Morgan fingerprint density at radius 3 is 2.63 bits per heavy atom. The van der Waals surface area contributed by atoms with Gasteiger partial charge >= 0.3 is 0 Å². The summed E-state index contributed by atoms with van der Waals surface area (Å²) in [4.78, 5) is 36.3. The molecule has 0 spiro atoms. The number of hydrogen-bond acceptors (Lipinski definition) is 4. The zero-order chi connectivity index (χ0) is 18.8. The Morgan fingerprint density at radius 1 is 1.00 bits per heavy atom. The van der Waals surface area contributed by atoms with Gasteiger partial charge in [-0.05, 0) is 44.6 Å². The summed E-state index contributed by atoms with van der Waals surface area (Å²) in [5.74, 6) is 0.396. The highest BCUT2D eigenvalue weighted by Crippen LogP contribution is 2.21. The fourth-order valence-electron chi connectivity index (χ4n) is 4.20. The summed E-state index contributed by atoms with van der Waals surface area (Å²) < 4.78 is 0. The van der Waals surface area contributed by atoms with Crippen molar-refractivity contribution in [1.82, 2.24) is 19.7 Å². The van der Waals surface area contributed by atoms with Gasteiger partial charge in [0, 0.05) is 49.9 Å². The third kappa shape index (κ3) is 3.67. The van der Waals surface area contributed by atoms with E-state index in [4.69, 9.17) is 0 Å². The van der Waals surface area contributed by atoms with Gasteiger partial charge in [-0.1, -0.05) is 12.1 Å². The summed E-state index contributed by atoms with van der Waals surface area (Å²) in [6, 6.07) is 9.48. The highest BCUT2D eigenvalue weighted by atomic mass is 16.2. The van der Waals surface area contributed by atoms with Gasteiger partial charge in [0.05, 0.1) is 11.4 Å². The average Bonchev–Trinajstić information content (AvgIpc) is 2.98. The van der Waals surface area contributed by atoms with Gasteiger partial charge in [0.25, 0.3) is 5.91 Å². The topological polar surface area (TPSA) is 56.8 Å². The molecular formula is C21H26N4O2. The van der Waals surface area contributed by atoms with Crippen molar-refractivity contribution in [3.63, 3.8) is 0 Å². The van der Waals surface area contributed by atoms with Gasteiger partial charge < -0.3 is 14.7 Å². The molecule has 2 fully saturated rings. The quantitative estimate of drug-likeness (QED) is 0.814. The Balaban J connectivity index is 1.46. The van der Waals surface area contributed by atoms with Crippen molar-refractivity contribution in [2.75, 3.05) is 46.3 Å². The number of nitrogens with zero attached hydrogens (tertiary/aromatic N) is 4. The molecule has 1 unspecified atom stereocenters. The molecule has 6 nitrogen and oxygen atoms in total. The Kier molecular flexibility index (Phi) is 5.07. The van der Waals surface area contributed by atoms with Crippen LogP contribution in [0.3, 0.4) is 0 Å². The molecule has 0 aliphatic carbocycles. The molecule has 6 heteroatoms. The number of aromatic nitrogens is 1. The number of amides is 2. The van der Waals surface area contributed by atoms with Crippen LogP contribution >= 0.6 is 0 Å². The number of hydrogen-bond donors (Lipinski definition) is 0. The Labute approximate surface area is 159 Å². The summed E-state index contributed by atoms with van der Waals surface area (Å²) in [5, 5.41) is 0.885. The fourth-order valence-corrected chi connectivity index (χ4v) is 4.20. The second-order valence-electron chi connectivity index (χ2n) is 7.59. The van der Waals surface area contributed by atoms with E-state index in [1.165, 1.54) is 0 Å². The minimum Gasteiger partial charge on any atom is -0.341 e. The first-order valence-electron chi connectivity index (χ1n) is 9.74. The molecule has 0 saturated carbocycles. The number of pyridine rings is 1. The molecule has 0 radical (unpaired) electrons. The van der Waals surface area contributed by atoms with Crippen molar-refractivity contribution in [3.05, 3.63) is 42.1 Å². The predicted molar refractivity (Wildman–Crippen MR) is 104 cm³/mol. The Hall–Kier alpha value is -2.47. The fraction of sp³-hybridized carbons (Fsp3) is 0.476. The van der Waals surface area contributed by atoms with Crippen LogP contribution in [0.15, 0.2) is 36.5 Å². The molecule has 27 heavy (non-hydrogen) atoms. The van der Waals surface area contributed by atoms with E-state index in [1.807, 2.05) is 40.1 Å². The van der Waals surface area contributed by atoms with Crippen molar-refractivity contribution in [2.24, 2.45) is 5.92 Å². The number of fused-ring (bicyclic) bond motifs is 1. The molecule has 142 valence electrons. The lowest BCUT2D eigenvalue weighted by atomic mass is 10.1. The standard InChI is InChI=1S/C21H26N4O2/c1-23-12-8-16(15-23)20(26)24-10-4-11-25(14-13-24)21(27)18-5-2-7-19-17(18)6-3-9-22-19/h2-3,5-7,9,16H,4,8,10-15H2,1H3. The second-order valence-corrected chi connectivity index (χ2v) is 7.59. The third-order valence-electron chi connectivity index (χ3n) is 5.71. The molecule has 2 aliphatic heterocycles. The van der Waals surface area contributed by atoms with Crippen molar-refractivity contribution in [2.45, 2.75) is 12.8 Å². The van der Waals surface area contributed by atoms with E-state index < -0.39 is 0 Å². The summed E-state index contributed by atoms with van der Waals surface area (Å²) in [6.45, 7) is 4.46. The van der Waals surface area contributed by atoms with Crippen LogP contribution < -0.4 is 0 Å². The van der Waals surface area contributed by atoms with E-state index in [2.05, 4.69) is 16.9 Å². The van der Waals surface area contributed by atoms with Gasteiger partial charge in [-0.2, -0.15) is 0 Å². The van der Waals surface area contributed by atoms with Gasteiger partial charge in [0.15, 0.2) is 0 Å². The highest BCUT2D eigenvalue weighted by molar-refractivity contribution is 6.06. The van der Waals surface area contributed by atoms with Gasteiger partial charge in [-0.3, -0.25) is 14.6 Å². The largest absolute Gasteiger partial charge is 0.341 e. The lowest BCUT2D eigenvalue weighted by Crippen LogP contribution is -2.40.